The predicted octanol–water partition coefficient (Wildman–Crippen LogP) is 2.06. The maximum absolute atomic E-state index is 12.3. The molecule has 0 rings (SSSR count). The lowest BCUT2D eigenvalue weighted by Gasteiger charge is -2.01. The van der Waals surface area contributed by atoms with Crippen LogP contribution in [0.4, 0.5) is 4.39 Å². The van der Waals surface area contributed by atoms with Crippen LogP contribution in [0.15, 0.2) is 12.7 Å². The van der Waals surface area contributed by atoms with Gasteiger partial charge >= 0.3 is 0 Å². The van der Waals surface area contributed by atoms with E-state index < -0.39 is 6.17 Å². The largest absolute Gasteiger partial charge is 0.393 e. The fourth-order valence-corrected chi connectivity index (χ4v) is 0.746. The Morgan fingerprint density at radius 1 is 1.50 bits per heavy atom. The maximum Gasteiger partial charge on any atom is 0.123 e. The highest BCUT2D eigenvalue weighted by atomic mass is 19.1. The van der Waals surface area contributed by atoms with E-state index in [-0.39, 0.29) is 6.61 Å². The van der Waals surface area contributed by atoms with Crippen molar-refractivity contribution in [2.24, 2.45) is 0 Å². The van der Waals surface area contributed by atoms with Crippen LogP contribution in [0.25, 0.3) is 0 Å². The first-order valence-corrected chi connectivity index (χ1v) is 3.67. The molecule has 0 saturated carbocycles. The van der Waals surface area contributed by atoms with Gasteiger partial charge in [0.2, 0.25) is 0 Å². The molecule has 0 heterocycles. The van der Waals surface area contributed by atoms with Crippen molar-refractivity contribution in [3.63, 3.8) is 0 Å². The summed E-state index contributed by atoms with van der Waals surface area (Å²) in [4.78, 5) is 0. The van der Waals surface area contributed by atoms with Crippen LogP contribution < -0.4 is 0 Å². The molecule has 0 aliphatic rings. The van der Waals surface area contributed by atoms with Crippen LogP contribution in [0.3, 0.4) is 0 Å². The van der Waals surface area contributed by atoms with Gasteiger partial charge in [0.05, 0.1) is 6.61 Å². The van der Waals surface area contributed by atoms with E-state index in [0.717, 1.165) is 19.3 Å². The molecule has 0 aromatic rings. The third kappa shape index (κ3) is 5.76. The maximum atomic E-state index is 12.3. The van der Waals surface area contributed by atoms with Crippen molar-refractivity contribution in [2.45, 2.75) is 31.9 Å². The molecule has 2 heteroatoms. The molecule has 1 atom stereocenters. The lowest BCUT2D eigenvalue weighted by molar-refractivity contribution is 0.167. The standard InChI is InChI=1S/C8H15FO/c1-2-3-4-5-6-8(9)7-10/h2,8,10H,1,3-7H2. The Kier molecular flexibility index (Phi) is 6.50. The van der Waals surface area contributed by atoms with Crippen molar-refractivity contribution in [3.8, 4) is 0 Å². The summed E-state index contributed by atoms with van der Waals surface area (Å²) in [6, 6.07) is 0. The van der Waals surface area contributed by atoms with Crippen LogP contribution in [0.5, 0.6) is 0 Å². The summed E-state index contributed by atoms with van der Waals surface area (Å²) in [6.45, 7) is 3.22. The monoisotopic (exact) mass is 146 g/mol. The number of allylic oxidation sites excluding steroid dienone is 1. The molecule has 0 radical (unpaired) electrons. The molecule has 0 aliphatic heterocycles. The second kappa shape index (κ2) is 6.75. The smallest absolute Gasteiger partial charge is 0.123 e. The molecule has 0 amide bonds. The van der Waals surface area contributed by atoms with Gasteiger partial charge in [0.15, 0.2) is 0 Å². The van der Waals surface area contributed by atoms with E-state index >= 15 is 0 Å². The second-order valence-corrected chi connectivity index (χ2v) is 2.35. The van der Waals surface area contributed by atoms with Gasteiger partial charge in [-0.2, -0.15) is 0 Å². The van der Waals surface area contributed by atoms with Crippen molar-refractivity contribution in [2.75, 3.05) is 6.61 Å². The highest BCUT2D eigenvalue weighted by Gasteiger charge is 2.01. The third-order valence-electron chi connectivity index (χ3n) is 1.37. The zero-order chi connectivity index (χ0) is 7.82. The molecule has 0 aromatic carbocycles. The van der Waals surface area contributed by atoms with E-state index in [2.05, 4.69) is 6.58 Å². The summed E-state index contributed by atoms with van der Waals surface area (Å²) in [6.07, 6.45) is 4.04. The van der Waals surface area contributed by atoms with Crippen LogP contribution in [0.1, 0.15) is 25.7 Å². The zero-order valence-electron chi connectivity index (χ0n) is 6.22. The number of hydrogen-bond acceptors (Lipinski definition) is 1. The van der Waals surface area contributed by atoms with E-state index in [9.17, 15) is 4.39 Å². The van der Waals surface area contributed by atoms with Gasteiger partial charge in [-0.3, -0.25) is 0 Å². The Hall–Kier alpha value is -0.370. The lowest BCUT2D eigenvalue weighted by Crippen LogP contribution is -2.04. The van der Waals surface area contributed by atoms with Crippen molar-refractivity contribution in [1.82, 2.24) is 0 Å². The SMILES string of the molecule is C=CCCCCC(F)CO. The molecule has 10 heavy (non-hydrogen) atoms. The van der Waals surface area contributed by atoms with Crippen LogP contribution >= 0.6 is 0 Å². The van der Waals surface area contributed by atoms with E-state index in [1.807, 2.05) is 6.08 Å². The highest BCUT2D eigenvalue weighted by Crippen LogP contribution is 2.05. The molecule has 60 valence electrons. The first-order valence-electron chi connectivity index (χ1n) is 3.67. The Balaban J connectivity index is 2.95. The summed E-state index contributed by atoms with van der Waals surface area (Å²) >= 11 is 0. The van der Waals surface area contributed by atoms with E-state index in [1.54, 1.807) is 0 Å². The Morgan fingerprint density at radius 2 is 2.20 bits per heavy atom. The highest BCUT2D eigenvalue weighted by molar-refractivity contribution is 4.66. The molecule has 1 N–H and O–H groups in total. The number of aliphatic hydroxyl groups is 1. The number of hydrogen-bond donors (Lipinski definition) is 1. The summed E-state index contributed by atoms with van der Waals surface area (Å²) in [5, 5.41) is 8.30. The number of alkyl halides is 1. The first kappa shape index (κ1) is 9.63. The van der Waals surface area contributed by atoms with Crippen molar-refractivity contribution in [3.05, 3.63) is 12.7 Å². The van der Waals surface area contributed by atoms with Gasteiger partial charge < -0.3 is 5.11 Å². The Morgan fingerprint density at radius 3 is 2.70 bits per heavy atom. The number of rotatable bonds is 6. The van der Waals surface area contributed by atoms with Gasteiger partial charge in [0.1, 0.15) is 6.17 Å². The summed E-state index contributed by atoms with van der Waals surface area (Å²) < 4.78 is 12.3. The van der Waals surface area contributed by atoms with Gasteiger partial charge in [0.25, 0.3) is 0 Å². The van der Waals surface area contributed by atoms with Crippen molar-refractivity contribution in [1.29, 1.82) is 0 Å². The first-order chi connectivity index (χ1) is 4.81. The van der Waals surface area contributed by atoms with Gasteiger partial charge in [-0.05, 0) is 19.3 Å². The molecule has 0 saturated heterocycles. The van der Waals surface area contributed by atoms with Crippen LogP contribution in [-0.4, -0.2) is 17.9 Å². The van der Waals surface area contributed by atoms with Crippen LogP contribution in [0.2, 0.25) is 0 Å². The number of unbranched alkanes of at least 4 members (excludes halogenated alkanes) is 2. The fourth-order valence-electron chi connectivity index (χ4n) is 0.746. The van der Waals surface area contributed by atoms with Gasteiger partial charge in [0, 0.05) is 0 Å². The molecule has 1 nitrogen and oxygen atoms in total. The summed E-state index contributed by atoms with van der Waals surface area (Å²) in [5.74, 6) is 0. The fraction of sp³-hybridized carbons (Fsp3) is 0.750. The normalized spacial score (nSPS) is 13.0. The predicted molar refractivity (Wildman–Crippen MR) is 40.6 cm³/mol. The van der Waals surface area contributed by atoms with Crippen LogP contribution in [0, 0.1) is 0 Å². The third-order valence-corrected chi connectivity index (χ3v) is 1.37. The molecular weight excluding hydrogens is 131 g/mol. The van der Waals surface area contributed by atoms with E-state index in [0.29, 0.717) is 6.42 Å². The minimum atomic E-state index is -1.02. The van der Waals surface area contributed by atoms with Crippen molar-refractivity contribution < 1.29 is 9.50 Å². The molecule has 0 aliphatic carbocycles. The minimum absolute atomic E-state index is 0.339. The molecule has 0 bridgehead atoms. The van der Waals surface area contributed by atoms with E-state index in [1.165, 1.54) is 0 Å². The average Bonchev–Trinajstić information content (AvgIpc) is 1.98. The molecule has 0 aromatic heterocycles. The molecule has 0 fully saturated rings. The average molecular weight is 146 g/mol. The minimum Gasteiger partial charge on any atom is -0.393 e. The molecule has 1 unspecified atom stereocenters. The topological polar surface area (TPSA) is 20.2 Å². The van der Waals surface area contributed by atoms with E-state index in [4.69, 9.17) is 5.11 Å². The Bertz CT molecular complexity index is 83.3. The zero-order valence-corrected chi connectivity index (χ0v) is 6.22. The summed E-state index contributed by atoms with van der Waals surface area (Å²) in [5.41, 5.74) is 0. The van der Waals surface area contributed by atoms with Gasteiger partial charge in [-0.15, -0.1) is 6.58 Å². The summed E-state index contributed by atoms with van der Waals surface area (Å²) in [7, 11) is 0. The number of halogens is 1. The lowest BCUT2D eigenvalue weighted by atomic mass is 10.1. The van der Waals surface area contributed by atoms with Gasteiger partial charge in [-0.25, -0.2) is 4.39 Å². The molecular formula is C8H15FO. The van der Waals surface area contributed by atoms with Crippen molar-refractivity contribution >= 4 is 0 Å². The second-order valence-electron chi connectivity index (χ2n) is 2.35. The van der Waals surface area contributed by atoms with Gasteiger partial charge in [-0.1, -0.05) is 12.5 Å². The quantitative estimate of drug-likeness (QED) is 0.449. The molecule has 0 spiro atoms. The van der Waals surface area contributed by atoms with Crippen LogP contribution in [-0.2, 0) is 0 Å². The number of aliphatic hydroxyl groups excluding tert-OH is 1. The Labute approximate surface area is 61.6 Å².